The highest BCUT2D eigenvalue weighted by molar-refractivity contribution is 5.85. The molecule has 1 unspecified atom stereocenters. The molecule has 0 bridgehead atoms. The second kappa shape index (κ2) is 11.5. The number of ether oxygens (including phenoxy) is 2. The summed E-state index contributed by atoms with van der Waals surface area (Å²) in [6.07, 6.45) is 0.454. The second-order valence-electron chi connectivity index (χ2n) is 5.39. The van der Waals surface area contributed by atoms with E-state index in [4.69, 9.17) is 9.84 Å². The van der Waals surface area contributed by atoms with Gasteiger partial charge in [-0.3, -0.25) is 14.5 Å². The van der Waals surface area contributed by atoms with Crippen molar-refractivity contribution >= 4 is 24.3 Å². The Bertz CT molecular complexity index is 604. The molecule has 0 radical (unpaired) electrons. The van der Waals surface area contributed by atoms with Gasteiger partial charge in [0, 0.05) is 6.54 Å². The Morgan fingerprint density at radius 1 is 1.31 bits per heavy atom. The van der Waals surface area contributed by atoms with E-state index in [1.807, 2.05) is 0 Å². The Morgan fingerprint density at radius 3 is 2.50 bits per heavy atom. The SMILES string of the molecule is COc1cc(CCNC(=O)CN(C)C(C)C(=O)O)ccc1OC(F)F.Cl. The van der Waals surface area contributed by atoms with Gasteiger partial charge >= 0.3 is 12.6 Å². The number of carbonyl (C=O) groups excluding carboxylic acids is 1. The summed E-state index contributed by atoms with van der Waals surface area (Å²) in [4.78, 5) is 24.0. The highest BCUT2D eigenvalue weighted by Gasteiger charge is 2.18. The largest absolute Gasteiger partial charge is 0.493 e. The smallest absolute Gasteiger partial charge is 0.387 e. The van der Waals surface area contributed by atoms with E-state index in [-0.39, 0.29) is 36.4 Å². The predicted molar refractivity (Wildman–Crippen MR) is 93.3 cm³/mol. The van der Waals surface area contributed by atoms with Crippen molar-refractivity contribution in [3.05, 3.63) is 23.8 Å². The molecule has 0 aliphatic rings. The summed E-state index contributed by atoms with van der Waals surface area (Å²) in [6, 6.07) is 3.77. The monoisotopic (exact) mass is 396 g/mol. The fourth-order valence-electron chi connectivity index (χ4n) is 2.01. The topological polar surface area (TPSA) is 88.1 Å². The Labute approximate surface area is 156 Å². The number of methoxy groups -OCH3 is 1. The van der Waals surface area contributed by atoms with E-state index in [0.29, 0.717) is 13.0 Å². The van der Waals surface area contributed by atoms with Crippen LogP contribution in [0.5, 0.6) is 11.5 Å². The fourth-order valence-corrected chi connectivity index (χ4v) is 2.01. The summed E-state index contributed by atoms with van der Waals surface area (Å²) in [5, 5.41) is 11.5. The molecule has 2 N–H and O–H groups in total. The number of nitrogens with zero attached hydrogens (tertiary/aromatic N) is 1. The average Bonchev–Trinajstić information content (AvgIpc) is 2.54. The molecular formula is C16H23ClF2N2O5. The molecule has 1 aromatic rings. The molecule has 7 nitrogen and oxygen atoms in total. The van der Waals surface area contributed by atoms with Crippen LogP contribution < -0.4 is 14.8 Å². The first-order valence-corrected chi connectivity index (χ1v) is 7.56. The van der Waals surface area contributed by atoms with E-state index in [0.717, 1.165) is 5.56 Å². The lowest BCUT2D eigenvalue weighted by Crippen LogP contribution is -2.43. The lowest BCUT2D eigenvalue weighted by atomic mass is 10.1. The lowest BCUT2D eigenvalue weighted by molar-refractivity contribution is -0.142. The molecule has 0 fully saturated rings. The number of aliphatic carboxylic acids is 1. The normalized spacial score (nSPS) is 11.7. The van der Waals surface area contributed by atoms with Crippen molar-refractivity contribution in [3.8, 4) is 11.5 Å². The number of carbonyl (C=O) groups is 2. The van der Waals surface area contributed by atoms with Crippen LogP contribution in [0, 0.1) is 0 Å². The molecule has 0 aromatic heterocycles. The van der Waals surface area contributed by atoms with E-state index in [1.165, 1.54) is 25.0 Å². The van der Waals surface area contributed by atoms with E-state index in [1.54, 1.807) is 19.2 Å². The van der Waals surface area contributed by atoms with Crippen LogP contribution in [0.15, 0.2) is 18.2 Å². The molecule has 0 heterocycles. The van der Waals surface area contributed by atoms with E-state index >= 15 is 0 Å². The number of likely N-dealkylation sites (N-methyl/N-ethyl adjacent to an activating group) is 1. The predicted octanol–water partition coefficient (Wildman–Crippen LogP) is 1.78. The molecule has 0 saturated carbocycles. The third kappa shape index (κ3) is 7.83. The molecule has 10 heteroatoms. The number of carboxylic acids is 1. The molecule has 148 valence electrons. The van der Waals surface area contributed by atoms with Crippen molar-refractivity contribution in [1.29, 1.82) is 0 Å². The maximum absolute atomic E-state index is 12.3. The molecule has 0 aliphatic heterocycles. The van der Waals surface area contributed by atoms with Gasteiger partial charge in [0.2, 0.25) is 5.91 Å². The fraction of sp³-hybridized carbons (Fsp3) is 0.500. The van der Waals surface area contributed by atoms with Crippen LogP contribution >= 0.6 is 12.4 Å². The Morgan fingerprint density at radius 2 is 1.96 bits per heavy atom. The van der Waals surface area contributed by atoms with Gasteiger partial charge in [-0.15, -0.1) is 12.4 Å². The zero-order valence-electron chi connectivity index (χ0n) is 14.7. The summed E-state index contributed by atoms with van der Waals surface area (Å²) in [6.45, 7) is -1.18. The first kappa shape index (κ1) is 23.9. The quantitative estimate of drug-likeness (QED) is 0.627. The van der Waals surface area contributed by atoms with Crippen molar-refractivity contribution in [3.63, 3.8) is 0 Å². The molecule has 1 aromatic carbocycles. The maximum Gasteiger partial charge on any atom is 0.387 e. The van der Waals surface area contributed by atoms with E-state index in [2.05, 4.69) is 10.1 Å². The van der Waals surface area contributed by atoms with Crippen LogP contribution in [0.3, 0.4) is 0 Å². The number of nitrogens with one attached hydrogen (secondary N) is 1. The van der Waals surface area contributed by atoms with Gasteiger partial charge in [-0.05, 0) is 38.1 Å². The van der Waals surface area contributed by atoms with Gasteiger partial charge in [-0.25, -0.2) is 0 Å². The van der Waals surface area contributed by atoms with Gasteiger partial charge < -0.3 is 19.9 Å². The molecule has 0 aliphatic carbocycles. The molecule has 0 saturated heterocycles. The average molecular weight is 397 g/mol. The minimum atomic E-state index is -2.94. The number of carboxylic acid groups (broad SMARTS) is 1. The molecule has 1 amide bonds. The molecule has 1 rings (SSSR count). The zero-order chi connectivity index (χ0) is 19.0. The summed E-state index contributed by atoms with van der Waals surface area (Å²) in [5.74, 6) is -1.19. The molecular weight excluding hydrogens is 374 g/mol. The second-order valence-corrected chi connectivity index (χ2v) is 5.39. The number of hydrogen-bond donors (Lipinski definition) is 2. The third-order valence-corrected chi connectivity index (χ3v) is 3.59. The number of hydrogen-bond acceptors (Lipinski definition) is 5. The van der Waals surface area contributed by atoms with Gasteiger partial charge in [0.15, 0.2) is 11.5 Å². The Balaban J connectivity index is 0.00000625. The first-order valence-electron chi connectivity index (χ1n) is 7.56. The van der Waals surface area contributed by atoms with Crippen LogP contribution in [0.25, 0.3) is 0 Å². The van der Waals surface area contributed by atoms with Crippen LogP contribution in [-0.4, -0.2) is 61.8 Å². The van der Waals surface area contributed by atoms with Gasteiger partial charge in [0.1, 0.15) is 6.04 Å². The highest BCUT2D eigenvalue weighted by Crippen LogP contribution is 2.29. The number of alkyl halides is 2. The first-order chi connectivity index (χ1) is 11.7. The highest BCUT2D eigenvalue weighted by atomic mass is 35.5. The van der Waals surface area contributed by atoms with Crippen LogP contribution in [-0.2, 0) is 16.0 Å². The summed E-state index contributed by atoms with van der Waals surface area (Å²) >= 11 is 0. The summed E-state index contributed by atoms with van der Waals surface area (Å²) in [5.41, 5.74) is 0.769. The summed E-state index contributed by atoms with van der Waals surface area (Å²) in [7, 11) is 2.89. The molecule has 26 heavy (non-hydrogen) atoms. The molecule has 1 atom stereocenters. The lowest BCUT2D eigenvalue weighted by Gasteiger charge is -2.20. The van der Waals surface area contributed by atoms with Crippen molar-refractivity contribution in [1.82, 2.24) is 10.2 Å². The van der Waals surface area contributed by atoms with E-state index in [9.17, 15) is 18.4 Å². The van der Waals surface area contributed by atoms with Gasteiger partial charge in [0.05, 0.1) is 13.7 Å². The van der Waals surface area contributed by atoms with Crippen LogP contribution in [0.4, 0.5) is 8.78 Å². The maximum atomic E-state index is 12.3. The van der Waals surface area contributed by atoms with Gasteiger partial charge in [0.25, 0.3) is 0 Å². The molecule has 0 spiro atoms. The van der Waals surface area contributed by atoms with Crippen molar-refractivity contribution in [2.45, 2.75) is 26.0 Å². The van der Waals surface area contributed by atoms with E-state index < -0.39 is 18.6 Å². The van der Waals surface area contributed by atoms with Crippen molar-refractivity contribution < 1.29 is 33.0 Å². The minimum absolute atomic E-state index is 0. The zero-order valence-corrected chi connectivity index (χ0v) is 15.5. The van der Waals surface area contributed by atoms with Crippen LogP contribution in [0.1, 0.15) is 12.5 Å². The van der Waals surface area contributed by atoms with Gasteiger partial charge in [-0.1, -0.05) is 6.07 Å². The van der Waals surface area contributed by atoms with Crippen molar-refractivity contribution in [2.75, 3.05) is 27.2 Å². The number of rotatable bonds is 10. The summed E-state index contributed by atoms with van der Waals surface area (Å²) < 4.78 is 33.9. The van der Waals surface area contributed by atoms with Gasteiger partial charge in [-0.2, -0.15) is 8.78 Å². The number of benzene rings is 1. The number of halogens is 3. The van der Waals surface area contributed by atoms with Crippen molar-refractivity contribution in [2.24, 2.45) is 0 Å². The minimum Gasteiger partial charge on any atom is -0.493 e. The number of amides is 1. The Kier molecular flexibility index (Phi) is 10.5. The third-order valence-electron chi connectivity index (χ3n) is 3.59. The Hall–Kier alpha value is -2.13. The van der Waals surface area contributed by atoms with Crippen LogP contribution in [0.2, 0.25) is 0 Å². The standard InChI is InChI=1S/C16H22F2N2O5.ClH/c1-10(15(22)23)20(2)9-14(21)19-7-6-11-4-5-12(25-16(17)18)13(8-11)24-3;/h4-5,8,10,16H,6-7,9H2,1-3H3,(H,19,21)(H,22,23);1H.